The summed E-state index contributed by atoms with van der Waals surface area (Å²) in [5.41, 5.74) is 0.206. The maximum Gasteiger partial charge on any atom is 0.0669 e. The average molecular weight is 226 g/mol. The lowest BCUT2D eigenvalue weighted by Gasteiger charge is -2.22. The van der Waals surface area contributed by atoms with Gasteiger partial charge < -0.3 is 14.8 Å². The molecule has 0 aliphatic rings. The third kappa shape index (κ3) is 7.46. The Morgan fingerprint density at radius 1 is 1.12 bits per heavy atom. The fourth-order valence-corrected chi connectivity index (χ4v) is 1.49. The molecule has 0 heterocycles. The van der Waals surface area contributed by atoms with Gasteiger partial charge in [-0.3, -0.25) is 0 Å². The predicted molar refractivity (Wildman–Crippen MR) is 65.0 cm³/mol. The molecule has 0 N–H and O–H groups in total. The highest BCUT2D eigenvalue weighted by atomic mass is 16.4. The van der Waals surface area contributed by atoms with Crippen LogP contribution in [-0.4, -0.2) is 30.5 Å². The van der Waals surface area contributed by atoms with Crippen molar-refractivity contribution < 1.29 is 9.90 Å². The summed E-state index contributed by atoms with van der Waals surface area (Å²) in [5, 5.41) is 10.5. The first-order valence-electron chi connectivity index (χ1n) is 6.23. The number of aliphatic carboxylic acids is 1. The minimum Gasteiger partial charge on any atom is -0.545 e. The van der Waals surface area contributed by atoms with Crippen LogP contribution in [-0.2, 0) is 4.79 Å². The number of carboxylic acids is 1. The van der Waals surface area contributed by atoms with Crippen molar-refractivity contribution in [1.29, 1.82) is 0 Å². The van der Waals surface area contributed by atoms with Gasteiger partial charge in [-0.2, -0.15) is 0 Å². The Bertz CT molecular complexity index is 206. The SMILES string of the molecule is C=C(CCN(CCCC)CCCC)C(=O)[O-]. The first-order chi connectivity index (χ1) is 7.61. The van der Waals surface area contributed by atoms with Crippen molar-refractivity contribution in [2.75, 3.05) is 19.6 Å². The monoisotopic (exact) mass is 226 g/mol. The highest BCUT2D eigenvalue weighted by molar-refractivity contribution is 5.83. The molecule has 0 amide bonds. The summed E-state index contributed by atoms with van der Waals surface area (Å²) in [5.74, 6) is -1.12. The molecule has 0 rings (SSSR count). The molecular weight excluding hydrogens is 202 g/mol. The molecule has 0 unspecified atom stereocenters. The van der Waals surface area contributed by atoms with Gasteiger partial charge in [0.25, 0.3) is 0 Å². The quantitative estimate of drug-likeness (QED) is 0.531. The van der Waals surface area contributed by atoms with E-state index in [2.05, 4.69) is 25.3 Å². The summed E-state index contributed by atoms with van der Waals surface area (Å²) in [6.45, 7) is 10.7. The third-order valence-electron chi connectivity index (χ3n) is 2.67. The second kappa shape index (κ2) is 9.40. The van der Waals surface area contributed by atoms with Crippen LogP contribution >= 0.6 is 0 Å². The first kappa shape index (κ1) is 15.2. The molecule has 3 heteroatoms. The summed E-state index contributed by atoms with van der Waals surface area (Å²) in [6.07, 6.45) is 5.19. The van der Waals surface area contributed by atoms with Crippen molar-refractivity contribution in [1.82, 2.24) is 4.90 Å². The maximum absolute atomic E-state index is 10.5. The maximum atomic E-state index is 10.5. The van der Waals surface area contributed by atoms with Gasteiger partial charge in [0.1, 0.15) is 0 Å². The van der Waals surface area contributed by atoms with Gasteiger partial charge in [0.2, 0.25) is 0 Å². The summed E-state index contributed by atoms with van der Waals surface area (Å²) in [6, 6.07) is 0. The lowest BCUT2D eigenvalue weighted by molar-refractivity contribution is -0.299. The van der Waals surface area contributed by atoms with Gasteiger partial charge >= 0.3 is 0 Å². The molecule has 0 aromatic carbocycles. The highest BCUT2D eigenvalue weighted by Crippen LogP contribution is 2.04. The molecule has 0 aromatic rings. The van der Waals surface area contributed by atoms with E-state index < -0.39 is 5.97 Å². The molecule has 0 radical (unpaired) electrons. The van der Waals surface area contributed by atoms with Crippen LogP contribution in [0.2, 0.25) is 0 Å². The number of hydrogen-bond acceptors (Lipinski definition) is 3. The Labute approximate surface area is 99.1 Å². The molecule has 16 heavy (non-hydrogen) atoms. The van der Waals surface area contributed by atoms with Crippen molar-refractivity contribution >= 4 is 5.97 Å². The van der Waals surface area contributed by atoms with Gasteiger partial charge in [-0.25, -0.2) is 0 Å². The summed E-state index contributed by atoms with van der Waals surface area (Å²) >= 11 is 0. The number of nitrogens with zero attached hydrogens (tertiary/aromatic N) is 1. The molecule has 3 nitrogen and oxygen atoms in total. The Morgan fingerprint density at radius 2 is 1.62 bits per heavy atom. The summed E-state index contributed by atoms with van der Waals surface area (Å²) in [7, 11) is 0. The van der Waals surface area contributed by atoms with E-state index in [0.29, 0.717) is 6.42 Å². The molecule has 0 aliphatic carbocycles. The first-order valence-corrected chi connectivity index (χ1v) is 6.23. The fraction of sp³-hybridized carbons (Fsp3) is 0.769. The summed E-state index contributed by atoms with van der Waals surface area (Å²) < 4.78 is 0. The number of carbonyl (C=O) groups excluding carboxylic acids is 1. The van der Waals surface area contributed by atoms with Crippen molar-refractivity contribution in [3.8, 4) is 0 Å². The lowest BCUT2D eigenvalue weighted by Crippen LogP contribution is -2.30. The van der Waals surface area contributed by atoms with Crippen molar-refractivity contribution in [3.63, 3.8) is 0 Å². The van der Waals surface area contributed by atoms with Crippen LogP contribution in [0.1, 0.15) is 46.0 Å². The van der Waals surface area contributed by atoms with Crippen LogP contribution < -0.4 is 5.11 Å². The number of carboxylic acid groups (broad SMARTS) is 1. The molecule has 0 saturated heterocycles. The van der Waals surface area contributed by atoms with E-state index in [1.165, 1.54) is 25.7 Å². The van der Waals surface area contributed by atoms with Crippen LogP contribution in [0, 0.1) is 0 Å². The zero-order valence-corrected chi connectivity index (χ0v) is 10.6. The average Bonchev–Trinajstić information content (AvgIpc) is 2.27. The van der Waals surface area contributed by atoms with E-state index in [1.807, 2.05) is 0 Å². The second-order valence-electron chi connectivity index (χ2n) is 4.19. The molecule has 0 saturated carbocycles. The van der Waals surface area contributed by atoms with Gasteiger partial charge in [0.05, 0.1) is 5.97 Å². The molecule has 0 aliphatic heterocycles. The Kier molecular flexibility index (Phi) is 8.91. The number of rotatable bonds is 10. The highest BCUT2D eigenvalue weighted by Gasteiger charge is 2.04. The minimum atomic E-state index is -1.12. The largest absolute Gasteiger partial charge is 0.545 e. The number of carbonyl (C=O) groups is 1. The smallest absolute Gasteiger partial charge is 0.0669 e. The molecule has 0 bridgehead atoms. The van der Waals surface area contributed by atoms with Gasteiger partial charge in [-0.05, 0) is 37.9 Å². The molecule has 0 aromatic heterocycles. The Hall–Kier alpha value is -0.830. The van der Waals surface area contributed by atoms with Gasteiger partial charge in [-0.15, -0.1) is 0 Å². The van der Waals surface area contributed by atoms with Crippen molar-refractivity contribution in [2.24, 2.45) is 0 Å². The van der Waals surface area contributed by atoms with Crippen molar-refractivity contribution in [2.45, 2.75) is 46.0 Å². The third-order valence-corrected chi connectivity index (χ3v) is 2.67. The number of hydrogen-bond donors (Lipinski definition) is 0. The minimum absolute atomic E-state index is 0.206. The van der Waals surface area contributed by atoms with E-state index in [4.69, 9.17) is 0 Å². The van der Waals surface area contributed by atoms with Crippen molar-refractivity contribution in [3.05, 3.63) is 12.2 Å². The number of unbranched alkanes of at least 4 members (excludes halogenated alkanes) is 2. The zero-order valence-electron chi connectivity index (χ0n) is 10.6. The zero-order chi connectivity index (χ0) is 12.4. The van der Waals surface area contributed by atoms with Crippen LogP contribution in [0.25, 0.3) is 0 Å². The second-order valence-corrected chi connectivity index (χ2v) is 4.19. The van der Waals surface area contributed by atoms with Gasteiger partial charge in [0, 0.05) is 6.54 Å². The lowest BCUT2D eigenvalue weighted by atomic mass is 10.2. The van der Waals surface area contributed by atoms with E-state index in [0.717, 1.165) is 19.6 Å². The molecular formula is C13H24NO2-. The van der Waals surface area contributed by atoms with E-state index >= 15 is 0 Å². The predicted octanol–water partition coefficient (Wildman–Crippen LogP) is 1.58. The molecule has 0 spiro atoms. The van der Waals surface area contributed by atoms with Crippen LogP contribution in [0.15, 0.2) is 12.2 Å². The molecule has 0 fully saturated rings. The summed E-state index contributed by atoms with van der Waals surface area (Å²) in [4.78, 5) is 12.8. The standard InChI is InChI=1S/C13H25NO2/c1-4-6-9-14(10-7-5-2)11-8-12(3)13(15)16/h3-11H2,1-2H3,(H,15,16)/p-1. The van der Waals surface area contributed by atoms with E-state index in [-0.39, 0.29) is 5.57 Å². The van der Waals surface area contributed by atoms with Gasteiger partial charge in [-0.1, -0.05) is 33.3 Å². The van der Waals surface area contributed by atoms with Gasteiger partial charge in [0.15, 0.2) is 0 Å². The topological polar surface area (TPSA) is 43.4 Å². The van der Waals surface area contributed by atoms with Crippen LogP contribution in [0.5, 0.6) is 0 Å². The van der Waals surface area contributed by atoms with Crippen LogP contribution in [0.4, 0.5) is 0 Å². The normalized spacial score (nSPS) is 10.7. The van der Waals surface area contributed by atoms with E-state index in [9.17, 15) is 9.90 Å². The fourth-order valence-electron chi connectivity index (χ4n) is 1.49. The Morgan fingerprint density at radius 3 is 2.00 bits per heavy atom. The molecule has 0 atom stereocenters. The Balaban J connectivity index is 3.89. The van der Waals surface area contributed by atoms with E-state index in [1.54, 1.807) is 0 Å². The van der Waals surface area contributed by atoms with Crippen LogP contribution in [0.3, 0.4) is 0 Å². The molecule has 94 valence electrons.